The van der Waals surface area contributed by atoms with Crippen molar-refractivity contribution in [2.45, 2.75) is 12.8 Å². The summed E-state index contributed by atoms with van der Waals surface area (Å²) in [6, 6.07) is 6.26. The van der Waals surface area contributed by atoms with Crippen molar-refractivity contribution in [3.63, 3.8) is 0 Å². The van der Waals surface area contributed by atoms with Gasteiger partial charge in [-0.2, -0.15) is 13.2 Å². The fraction of sp³-hybridized carbons (Fsp3) is 0.368. The maximum atomic E-state index is 12.6. The fourth-order valence-corrected chi connectivity index (χ4v) is 2.89. The van der Waals surface area contributed by atoms with Gasteiger partial charge in [-0.05, 0) is 17.7 Å². The van der Waals surface area contributed by atoms with Crippen LogP contribution in [-0.4, -0.2) is 70.5 Å². The van der Waals surface area contributed by atoms with Crippen LogP contribution in [0.5, 0.6) is 0 Å². The van der Waals surface area contributed by atoms with Gasteiger partial charge in [0, 0.05) is 44.1 Å². The van der Waals surface area contributed by atoms with Crippen molar-refractivity contribution in [2.24, 2.45) is 0 Å². The van der Waals surface area contributed by atoms with Crippen molar-refractivity contribution in [2.75, 3.05) is 32.8 Å². The van der Waals surface area contributed by atoms with Gasteiger partial charge in [0.1, 0.15) is 12.3 Å². The van der Waals surface area contributed by atoms with E-state index in [-0.39, 0.29) is 24.1 Å². The molecule has 0 unspecified atom stereocenters. The lowest BCUT2D eigenvalue weighted by Crippen LogP contribution is -2.50. The molecule has 1 aromatic heterocycles. The summed E-state index contributed by atoms with van der Waals surface area (Å²) >= 11 is 0. The van der Waals surface area contributed by atoms with Gasteiger partial charge < -0.3 is 14.5 Å². The first kappa shape index (κ1) is 20.7. The molecule has 0 saturated carbocycles. The zero-order valence-electron chi connectivity index (χ0n) is 15.4. The Balaban J connectivity index is 1.51. The van der Waals surface area contributed by atoms with E-state index in [0.717, 1.165) is 0 Å². The van der Waals surface area contributed by atoms with Crippen LogP contribution in [-0.2, 0) is 11.3 Å². The smallest absolute Gasteiger partial charge is 0.367 e. The third-order valence-corrected chi connectivity index (χ3v) is 4.37. The molecule has 3 rings (SSSR count). The first-order valence-electron chi connectivity index (χ1n) is 8.91. The van der Waals surface area contributed by atoms with Gasteiger partial charge in [-0.25, -0.2) is 4.98 Å². The highest BCUT2D eigenvalue weighted by Gasteiger charge is 2.28. The van der Waals surface area contributed by atoms with Crippen LogP contribution < -0.4 is 0 Å². The summed E-state index contributed by atoms with van der Waals surface area (Å²) in [7, 11) is 0. The minimum absolute atomic E-state index is 0.183. The maximum Gasteiger partial charge on any atom is 0.411 e. The molecule has 0 aliphatic carbocycles. The Kier molecular flexibility index (Phi) is 6.42. The fourth-order valence-electron chi connectivity index (χ4n) is 2.89. The second kappa shape index (κ2) is 8.99. The van der Waals surface area contributed by atoms with Crippen molar-refractivity contribution in [1.82, 2.24) is 19.8 Å². The first-order chi connectivity index (χ1) is 13.8. The van der Waals surface area contributed by atoms with Crippen LogP contribution in [0.3, 0.4) is 0 Å². The molecule has 29 heavy (non-hydrogen) atoms. The molecule has 2 aromatic rings. The molecule has 0 bridgehead atoms. The van der Waals surface area contributed by atoms with Crippen molar-refractivity contribution >= 4 is 11.8 Å². The first-order valence-corrected chi connectivity index (χ1v) is 8.91. The number of carbonyl (C=O) groups excluding carboxylic acids is 2. The van der Waals surface area contributed by atoms with Crippen LogP contribution in [0, 0.1) is 0 Å². The summed E-state index contributed by atoms with van der Waals surface area (Å²) in [6.07, 6.45) is -0.0295. The molecule has 0 spiro atoms. The Morgan fingerprint density at radius 3 is 2.14 bits per heavy atom. The number of halogens is 3. The Labute approximate surface area is 165 Å². The van der Waals surface area contributed by atoms with Gasteiger partial charge in [0.05, 0.1) is 12.8 Å². The molecule has 0 atom stereocenters. The highest BCUT2D eigenvalue weighted by molar-refractivity contribution is 5.95. The SMILES string of the molecule is O=C(c1ccc(COCC(F)(F)F)cc1)N1CCN(C(=O)c2cnccn2)CC1. The zero-order chi connectivity index (χ0) is 20.9. The molecule has 7 nitrogen and oxygen atoms in total. The number of alkyl halides is 3. The normalized spacial score (nSPS) is 14.7. The Morgan fingerprint density at radius 2 is 1.59 bits per heavy atom. The van der Waals surface area contributed by atoms with Crippen LogP contribution >= 0.6 is 0 Å². The number of amides is 2. The lowest BCUT2D eigenvalue weighted by Gasteiger charge is -2.34. The van der Waals surface area contributed by atoms with Gasteiger partial charge in [0.15, 0.2) is 0 Å². The lowest BCUT2D eigenvalue weighted by molar-refractivity contribution is -0.176. The van der Waals surface area contributed by atoms with E-state index in [9.17, 15) is 22.8 Å². The predicted octanol–water partition coefficient (Wildman–Crippen LogP) is 2.15. The van der Waals surface area contributed by atoms with Crippen LogP contribution in [0.4, 0.5) is 13.2 Å². The second-order valence-corrected chi connectivity index (χ2v) is 6.48. The van der Waals surface area contributed by atoms with E-state index < -0.39 is 12.8 Å². The molecular formula is C19H19F3N4O3. The van der Waals surface area contributed by atoms with Crippen molar-refractivity contribution in [3.05, 3.63) is 59.7 Å². The number of aromatic nitrogens is 2. The summed E-state index contributed by atoms with van der Waals surface area (Å²) in [5, 5.41) is 0. The van der Waals surface area contributed by atoms with Crippen LogP contribution in [0.2, 0.25) is 0 Å². The quantitative estimate of drug-likeness (QED) is 0.758. The van der Waals surface area contributed by atoms with Crippen LogP contribution in [0.15, 0.2) is 42.9 Å². The number of benzene rings is 1. The molecule has 1 fully saturated rings. The molecule has 154 valence electrons. The van der Waals surface area contributed by atoms with Crippen molar-refractivity contribution in [3.8, 4) is 0 Å². The van der Waals surface area contributed by atoms with Gasteiger partial charge in [-0.3, -0.25) is 14.6 Å². The predicted molar refractivity (Wildman–Crippen MR) is 96.0 cm³/mol. The van der Waals surface area contributed by atoms with Crippen LogP contribution in [0.1, 0.15) is 26.4 Å². The molecule has 1 aliphatic rings. The average molecular weight is 408 g/mol. The van der Waals surface area contributed by atoms with E-state index in [1.165, 1.54) is 18.6 Å². The van der Waals surface area contributed by atoms with E-state index in [1.54, 1.807) is 34.1 Å². The molecule has 1 aromatic carbocycles. The van der Waals surface area contributed by atoms with E-state index in [0.29, 0.717) is 37.3 Å². The number of carbonyl (C=O) groups is 2. The second-order valence-electron chi connectivity index (χ2n) is 6.48. The highest BCUT2D eigenvalue weighted by atomic mass is 19.4. The van der Waals surface area contributed by atoms with Crippen LogP contribution in [0.25, 0.3) is 0 Å². The number of ether oxygens (including phenoxy) is 1. The minimum Gasteiger partial charge on any atom is -0.367 e. The number of nitrogens with zero attached hydrogens (tertiary/aromatic N) is 4. The maximum absolute atomic E-state index is 12.6. The standard InChI is InChI=1S/C19H19F3N4O3/c20-19(21,22)13-29-12-14-1-3-15(4-2-14)17(27)25-7-9-26(10-8-25)18(28)16-11-23-5-6-24-16/h1-6,11H,7-10,12-13H2. The molecule has 1 aliphatic heterocycles. The van der Waals surface area contributed by atoms with Crippen molar-refractivity contribution < 1.29 is 27.5 Å². The minimum atomic E-state index is -4.37. The average Bonchev–Trinajstić information content (AvgIpc) is 2.73. The summed E-state index contributed by atoms with van der Waals surface area (Å²) in [5.41, 5.74) is 1.24. The van der Waals surface area contributed by atoms with Gasteiger partial charge >= 0.3 is 6.18 Å². The van der Waals surface area contributed by atoms with Gasteiger partial charge in [-0.15, -0.1) is 0 Å². The lowest BCUT2D eigenvalue weighted by atomic mass is 10.1. The molecule has 0 N–H and O–H groups in total. The van der Waals surface area contributed by atoms with Gasteiger partial charge in [0.2, 0.25) is 0 Å². The Bertz CT molecular complexity index is 836. The third-order valence-electron chi connectivity index (χ3n) is 4.37. The summed E-state index contributed by atoms with van der Waals surface area (Å²) in [6.45, 7) is 0.0139. The van der Waals surface area contributed by atoms with E-state index >= 15 is 0 Å². The monoisotopic (exact) mass is 408 g/mol. The molecule has 0 radical (unpaired) electrons. The summed E-state index contributed by atoms with van der Waals surface area (Å²) in [4.78, 5) is 36.1. The molecular weight excluding hydrogens is 389 g/mol. The number of piperazine rings is 1. The van der Waals surface area contributed by atoms with Gasteiger partial charge in [0.25, 0.3) is 11.8 Å². The van der Waals surface area contributed by atoms with E-state index in [2.05, 4.69) is 14.7 Å². The van der Waals surface area contributed by atoms with E-state index in [4.69, 9.17) is 0 Å². The number of rotatable bonds is 5. The molecule has 1 saturated heterocycles. The molecule has 10 heteroatoms. The Hall–Kier alpha value is -3.01. The number of hydrogen-bond acceptors (Lipinski definition) is 5. The summed E-state index contributed by atoms with van der Waals surface area (Å²) < 4.78 is 40.9. The largest absolute Gasteiger partial charge is 0.411 e. The zero-order valence-corrected chi connectivity index (χ0v) is 15.4. The topological polar surface area (TPSA) is 75.6 Å². The molecule has 2 amide bonds. The summed E-state index contributed by atoms with van der Waals surface area (Å²) in [5.74, 6) is -0.423. The van der Waals surface area contributed by atoms with Crippen molar-refractivity contribution in [1.29, 1.82) is 0 Å². The van der Waals surface area contributed by atoms with E-state index in [1.807, 2.05) is 0 Å². The van der Waals surface area contributed by atoms with Gasteiger partial charge in [-0.1, -0.05) is 12.1 Å². The molecule has 2 heterocycles. The Morgan fingerprint density at radius 1 is 0.966 bits per heavy atom. The highest BCUT2D eigenvalue weighted by Crippen LogP contribution is 2.16. The number of hydrogen-bond donors (Lipinski definition) is 0. The third kappa shape index (κ3) is 5.74.